The zero-order valence-corrected chi connectivity index (χ0v) is 12.9. The molecular weight excluding hydrogens is 272 g/mol. The second kappa shape index (κ2) is 6.09. The Hall–Kier alpha value is -1.82. The molecule has 6 heteroatoms. The van der Waals surface area contributed by atoms with Gasteiger partial charge >= 0.3 is 0 Å². The van der Waals surface area contributed by atoms with Crippen LogP contribution in [0.5, 0.6) is 0 Å². The number of aromatic nitrogens is 3. The minimum absolute atomic E-state index is 0.103. The van der Waals surface area contributed by atoms with Crippen molar-refractivity contribution in [3.8, 4) is 0 Å². The highest BCUT2D eigenvalue weighted by Gasteiger charge is 2.16. The fourth-order valence-electron chi connectivity index (χ4n) is 1.64. The number of aryl methyl sites for hydroxylation is 2. The highest BCUT2D eigenvalue weighted by molar-refractivity contribution is 7.13. The van der Waals surface area contributed by atoms with Crippen LogP contribution in [0, 0.1) is 13.8 Å². The lowest BCUT2D eigenvalue weighted by Crippen LogP contribution is -2.23. The SMILES string of the molecule is Cc1cnc(CNC(=O)c2sc(C(C)C)nc2C)cn1. The van der Waals surface area contributed by atoms with Gasteiger partial charge in [0.1, 0.15) is 4.88 Å². The quantitative estimate of drug-likeness (QED) is 0.940. The monoisotopic (exact) mass is 290 g/mol. The lowest BCUT2D eigenvalue weighted by molar-refractivity contribution is 0.0953. The Morgan fingerprint density at radius 2 is 2.05 bits per heavy atom. The first-order valence-electron chi connectivity index (χ1n) is 6.50. The molecule has 0 aliphatic heterocycles. The zero-order valence-electron chi connectivity index (χ0n) is 12.1. The summed E-state index contributed by atoms with van der Waals surface area (Å²) in [6.45, 7) is 8.26. The molecule has 0 saturated heterocycles. The largest absolute Gasteiger partial charge is 0.346 e. The van der Waals surface area contributed by atoms with Crippen LogP contribution in [0.15, 0.2) is 12.4 Å². The molecule has 2 aromatic rings. The third-order valence-corrected chi connectivity index (χ3v) is 4.23. The molecule has 106 valence electrons. The summed E-state index contributed by atoms with van der Waals surface area (Å²) in [5.74, 6) is 0.234. The molecule has 0 spiro atoms. The molecule has 0 bridgehead atoms. The first-order chi connectivity index (χ1) is 9.47. The molecule has 0 atom stereocenters. The molecule has 0 saturated carbocycles. The number of rotatable bonds is 4. The number of carbonyl (C=O) groups is 1. The number of hydrogen-bond acceptors (Lipinski definition) is 5. The number of amides is 1. The van der Waals surface area contributed by atoms with Gasteiger partial charge in [0.25, 0.3) is 5.91 Å². The van der Waals surface area contributed by atoms with Crippen LogP contribution >= 0.6 is 11.3 Å². The number of thiazole rings is 1. The van der Waals surface area contributed by atoms with E-state index in [0.29, 0.717) is 17.3 Å². The van der Waals surface area contributed by atoms with Gasteiger partial charge in [-0.05, 0) is 13.8 Å². The van der Waals surface area contributed by atoms with E-state index in [1.54, 1.807) is 12.4 Å². The van der Waals surface area contributed by atoms with Gasteiger partial charge in [0.15, 0.2) is 0 Å². The summed E-state index contributed by atoms with van der Waals surface area (Å²) in [6.07, 6.45) is 3.37. The van der Waals surface area contributed by atoms with Crippen LogP contribution in [0.25, 0.3) is 0 Å². The molecule has 5 nitrogen and oxygen atoms in total. The second-order valence-corrected chi connectivity index (χ2v) is 5.98. The van der Waals surface area contributed by atoms with E-state index in [0.717, 1.165) is 22.1 Å². The first kappa shape index (κ1) is 14.6. The summed E-state index contributed by atoms with van der Waals surface area (Å²) in [5, 5.41) is 3.85. The molecule has 20 heavy (non-hydrogen) atoms. The average Bonchev–Trinajstić information content (AvgIpc) is 2.80. The molecule has 0 unspecified atom stereocenters. The van der Waals surface area contributed by atoms with Gasteiger partial charge < -0.3 is 5.32 Å². The van der Waals surface area contributed by atoms with Crippen molar-refractivity contribution in [1.82, 2.24) is 20.3 Å². The van der Waals surface area contributed by atoms with Crippen molar-refractivity contribution in [1.29, 1.82) is 0 Å². The van der Waals surface area contributed by atoms with Gasteiger partial charge in [-0.15, -0.1) is 11.3 Å². The number of nitrogens with one attached hydrogen (secondary N) is 1. The van der Waals surface area contributed by atoms with Crippen LogP contribution in [-0.4, -0.2) is 20.9 Å². The number of nitrogens with zero attached hydrogens (tertiary/aromatic N) is 3. The fourth-order valence-corrected chi connectivity index (χ4v) is 2.62. The van der Waals surface area contributed by atoms with Crippen LogP contribution in [0.2, 0.25) is 0 Å². The molecule has 2 heterocycles. The topological polar surface area (TPSA) is 67.8 Å². The van der Waals surface area contributed by atoms with Crippen LogP contribution in [0.3, 0.4) is 0 Å². The summed E-state index contributed by atoms with van der Waals surface area (Å²) in [5.41, 5.74) is 2.39. The van der Waals surface area contributed by atoms with Crippen molar-refractivity contribution in [3.63, 3.8) is 0 Å². The zero-order chi connectivity index (χ0) is 14.7. The normalized spacial score (nSPS) is 10.8. The van der Waals surface area contributed by atoms with Gasteiger partial charge in [0, 0.05) is 12.1 Å². The molecule has 0 aliphatic carbocycles. The van der Waals surface area contributed by atoms with Crippen LogP contribution in [-0.2, 0) is 6.54 Å². The Labute approximate surface area is 122 Å². The van der Waals surface area contributed by atoms with E-state index in [9.17, 15) is 4.79 Å². The van der Waals surface area contributed by atoms with E-state index in [1.807, 2.05) is 13.8 Å². The van der Waals surface area contributed by atoms with Crippen molar-refractivity contribution in [2.75, 3.05) is 0 Å². The number of carbonyl (C=O) groups excluding carboxylic acids is 1. The maximum absolute atomic E-state index is 12.2. The summed E-state index contributed by atoms with van der Waals surface area (Å²) in [4.78, 5) is 25.6. The Bertz CT molecular complexity index is 604. The van der Waals surface area contributed by atoms with E-state index in [2.05, 4.69) is 34.1 Å². The average molecular weight is 290 g/mol. The highest BCUT2D eigenvalue weighted by Crippen LogP contribution is 2.24. The van der Waals surface area contributed by atoms with Crippen LogP contribution in [0.4, 0.5) is 0 Å². The Balaban J connectivity index is 2.03. The summed E-state index contributed by atoms with van der Waals surface area (Å²) in [6, 6.07) is 0. The molecule has 1 amide bonds. The van der Waals surface area contributed by atoms with E-state index < -0.39 is 0 Å². The van der Waals surface area contributed by atoms with Gasteiger partial charge in [-0.25, -0.2) is 4.98 Å². The van der Waals surface area contributed by atoms with Crippen LogP contribution < -0.4 is 5.32 Å². The number of hydrogen-bond donors (Lipinski definition) is 1. The van der Waals surface area contributed by atoms with Gasteiger partial charge in [-0.2, -0.15) is 0 Å². The van der Waals surface area contributed by atoms with Gasteiger partial charge in [0.2, 0.25) is 0 Å². The molecule has 1 N–H and O–H groups in total. The molecule has 0 radical (unpaired) electrons. The molecular formula is C14H18N4OS. The van der Waals surface area contributed by atoms with Crippen molar-refractivity contribution in [2.24, 2.45) is 0 Å². The molecule has 0 aliphatic rings. The Kier molecular flexibility index (Phi) is 4.44. The van der Waals surface area contributed by atoms with Crippen molar-refractivity contribution in [3.05, 3.63) is 39.4 Å². The lowest BCUT2D eigenvalue weighted by Gasteiger charge is -2.03. The highest BCUT2D eigenvalue weighted by atomic mass is 32.1. The first-order valence-corrected chi connectivity index (χ1v) is 7.32. The summed E-state index contributed by atoms with van der Waals surface area (Å²) >= 11 is 1.45. The van der Waals surface area contributed by atoms with E-state index in [1.165, 1.54) is 11.3 Å². The lowest BCUT2D eigenvalue weighted by atomic mass is 10.2. The third-order valence-electron chi connectivity index (χ3n) is 2.78. The van der Waals surface area contributed by atoms with Crippen LogP contribution in [0.1, 0.15) is 51.5 Å². The molecule has 2 aromatic heterocycles. The van der Waals surface area contributed by atoms with E-state index in [4.69, 9.17) is 0 Å². The second-order valence-electron chi connectivity index (χ2n) is 4.95. The maximum Gasteiger partial charge on any atom is 0.263 e. The van der Waals surface area contributed by atoms with Gasteiger partial charge in [-0.3, -0.25) is 14.8 Å². The fraction of sp³-hybridized carbons (Fsp3) is 0.429. The third kappa shape index (κ3) is 3.39. The van der Waals surface area contributed by atoms with E-state index >= 15 is 0 Å². The predicted molar refractivity (Wildman–Crippen MR) is 78.9 cm³/mol. The van der Waals surface area contributed by atoms with Crippen molar-refractivity contribution >= 4 is 17.2 Å². The van der Waals surface area contributed by atoms with Gasteiger partial charge in [-0.1, -0.05) is 13.8 Å². The molecule has 0 fully saturated rings. The molecule has 2 rings (SSSR count). The summed E-state index contributed by atoms with van der Waals surface area (Å²) < 4.78 is 0. The Morgan fingerprint density at radius 1 is 1.30 bits per heavy atom. The minimum atomic E-state index is -0.103. The minimum Gasteiger partial charge on any atom is -0.346 e. The predicted octanol–water partition coefficient (Wildman–Crippen LogP) is 2.60. The Morgan fingerprint density at radius 3 is 2.60 bits per heavy atom. The molecule has 0 aromatic carbocycles. The van der Waals surface area contributed by atoms with Crippen molar-refractivity contribution in [2.45, 2.75) is 40.2 Å². The summed E-state index contributed by atoms with van der Waals surface area (Å²) in [7, 11) is 0. The maximum atomic E-state index is 12.2. The standard InChI is InChI=1S/C14H18N4OS/c1-8(2)14-18-10(4)12(20-14)13(19)17-7-11-6-15-9(3)5-16-11/h5-6,8H,7H2,1-4H3,(H,17,19). The van der Waals surface area contributed by atoms with Crippen molar-refractivity contribution < 1.29 is 4.79 Å². The van der Waals surface area contributed by atoms with E-state index in [-0.39, 0.29) is 5.91 Å². The smallest absolute Gasteiger partial charge is 0.263 e. The van der Waals surface area contributed by atoms with Gasteiger partial charge in [0.05, 0.1) is 34.8 Å².